The van der Waals surface area contributed by atoms with Crippen molar-refractivity contribution < 1.29 is 13.9 Å². The highest BCUT2D eigenvalue weighted by Crippen LogP contribution is 2.24. The smallest absolute Gasteiger partial charge is 0.224 e. The molecule has 1 aliphatic rings. The van der Waals surface area contributed by atoms with Crippen molar-refractivity contribution in [2.75, 3.05) is 36.5 Å². The molecule has 0 unspecified atom stereocenters. The van der Waals surface area contributed by atoms with E-state index in [9.17, 15) is 9.18 Å². The minimum Gasteiger partial charge on any atom is -0.378 e. The van der Waals surface area contributed by atoms with Gasteiger partial charge in [-0.05, 0) is 30.2 Å². The van der Waals surface area contributed by atoms with E-state index in [0.29, 0.717) is 50.5 Å². The highest BCUT2D eigenvalue weighted by atomic mass is 19.1. The summed E-state index contributed by atoms with van der Waals surface area (Å²) in [5.74, 6) is -0.394. The van der Waals surface area contributed by atoms with Gasteiger partial charge in [-0.25, -0.2) is 4.39 Å². The number of rotatable bonds is 5. The molecule has 0 bridgehead atoms. The summed E-state index contributed by atoms with van der Waals surface area (Å²) >= 11 is 0. The van der Waals surface area contributed by atoms with Crippen LogP contribution in [0, 0.1) is 5.82 Å². The second-order valence-corrected chi connectivity index (χ2v) is 5.42. The zero-order chi connectivity index (χ0) is 16.1. The minimum atomic E-state index is -0.289. The van der Waals surface area contributed by atoms with Crippen LogP contribution in [-0.2, 0) is 16.0 Å². The molecule has 2 aromatic rings. The summed E-state index contributed by atoms with van der Waals surface area (Å²) in [6, 6.07) is 4.64. The molecule has 0 saturated carbocycles. The molecule has 0 atom stereocenters. The molecule has 0 spiro atoms. The van der Waals surface area contributed by atoms with E-state index < -0.39 is 0 Å². The molecule has 2 heterocycles. The number of morpholine rings is 1. The van der Waals surface area contributed by atoms with Crippen molar-refractivity contribution in [1.29, 1.82) is 0 Å². The van der Waals surface area contributed by atoms with Crippen molar-refractivity contribution in [2.24, 2.45) is 0 Å². The molecule has 122 valence electrons. The van der Waals surface area contributed by atoms with Crippen LogP contribution in [0.4, 0.5) is 15.8 Å². The lowest BCUT2D eigenvalue weighted by molar-refractivity contribution is -0.116. The van der Waals surface area contributed by atoms with E-state index in [1.807, 2.05) is 4.90 Å². The second-order valence-electron chi connectivity index (χ2n) is 5.42. The molecular weight excluding hydrogens is 299 g/mol. The summed E-state index contributed by atoms with van der Waals surface area (Å²) in [7, 11) is 0. The van der Waals surface area contributed by atoms with Crippen molar-refractivity contribution in [3.8, 4) is 0 Å². The Bertz CT molecular complexity index is 654. The number of nitrogens with one attached hydrogen (secondary N) is 2. The summed E-state index contributed by atoms with van der Waals surface area (Å²) in [5, 5.41) is 9.37. The molecule has 1 aromatic carbocycles. The standard InChI is InChI=1S/C16H19FN4O2/c17-14-3-2-13(9-15(14)21-5-7-23-8-6-21)20-16(22)4-1-12-10-18-19-11-12/h2-3,9-11H,1,4-8H2,(H,18,19)(H,20,22). The maximum Gasteiger partial charge on any atom is 0.224 e. The maximum atomic E-state index is 14.0. The lowest BCUT2D eigenvalue weighted by Crippen LogP contribution is -2.36. The Balaban J connectivity index is 1.62. The largest absolute Gasteiger partial charge is 0.378 e. The minimum absolute atomic E-state index is 0.106. The van der Waals surface area contributed by atoms with Gasteiger partial charge in [0, 0.05) is 31.4 Å². The molecule has 2 N–H and O–H groups in total. The van der Waals surface area contributed by atoms with Crippen LogP contribution in [0.1, 0.15) is 12.0 Å². The number of H-pyrrole nitrogens is 1. The van der Waals surface area contributed by atoms with Gasteiger partial charge in [0.2, 0.25) is 5.91 Å². The Morgan fingerprint density at radius 3 is 2.96 bits per heavy atom. The van der Waals surface area contributed by atoms with E-state index >= 15 is 0 Å². The van der Waals surface area contributed by atoms with Crippen LogP contribution < -0.4 is 10.2 Å². The van der Waals surface area contributed by atoms with Gasteiger partial charge in [0.05, 0.1) is 25.1 Å². The Kier molecular flexibility index (Phi) is 4.87. The van der Waals surface area contributed by atoms with Gasteiger partial charge >= 0.3 is 0 Å². The molecule has 3 rings (SSSR count). The maximum absolute atomic E-state index is 14.0. The molecule has 1 aromatic heterocycles. The Hall–Kier alpha value is -2.41. The Labute approximate surface area is 133 Å². The second kappa shape index (κ2) is 7.23. The van der Waals surface area contributed by atoms with Crippen molar-refractivity contribution >= 4 is 17.3 Å². The van der Waals surface area contributed by atoms with Gasteiger partial charge in [0.15, 0.2) is 0 Å². The molecule has 0 radical (unpaired) electrons. The zero-order valence-electron chi connectivity index (χ0n) is 12.7. The quantitative estimate of drug-likeness (QED) is 0.884. The number of amides is 1. The number of hydrogen-bond donors (Lipinski definition) is 2. The van der Waals surface area contributed by atoms with Crippen LogP contribution in [0.3, 0.4) is 0 Å². The number of aromatic nitrogens is 2. The van der Waals surface area contributed by atoms with Gasteiger partial charge in [-0.2, -0.15) is 5.10 Å². The number of carbonyl (C=O) groups excluding carboxylic acids is 1. The number of hydrogen-bond acceptors (Lipinski definition) is 4. The van der Waals surface area contributed by atoms with Crippen molar-refractivity contribution in [3.63, 3.8) is 0 Å². The molecule has 1 amide bonds. The van der Waals surface area contributed by atoms with E-state index in [0.717, 1.165) is 5.56 Å². The van der Waals surface area contributed by atoms with E-state index in [4.69, 9.17) is 4.74 Å². The number of ether oxygens (including phenoxy) is 1. The average molecular weight is 318 g/mol. The first-order valence-electron chi connectivity index (χ1n) is 7.62. The Morgan fingerprint density at radius 2 is 2.22 bits per heavy atom. The molecule has 1 saturated heterocycles. The van der Waals surface area contributed by atoms with Gasteiger partial charge in [0.25, 0.3) is 0 Å². The molecular formula is C16H19FN4O2. The molecule has 6 nitrogen and oxygen atoms in total. The summed E-state index contributed by atoms with van der Waals surface area (Å²) < 4.78 is 19.3. The average Bonchev–Trinajstić information content (AvgIpc) is 3.09. The van der Waals surface area contributed by atoms with Crippen molar-refractivity contribution in [3.05, 3.63) is 42.0 Å². The summed E-state index contributed by atoms with van der Waals surface area (Å²) in [5.41, 5.74) is 2.08. The number of benzene rings is 1. The first-order chi connectivity index (χ1) is 11.2. The first kappa shape index (κ1) is 15.5. The van der Waals surface area contributed by atoms with Gasteiger partial charge in [0.1, 0.15) is 5.82 Å². The van der Waals surface area contributed by atoms with Crippen LogP contribution >= 0.6 is 0 Å². The van der Waals surface area contributed by atoms with Gasteiger partial charge in [-0.15, -0.1) is 0 Å². The third-order valence-corrected chi connectivity index (χ3v) is 3.78. The molecule has 23 heavy (non-hydrogen) atoms. The number of halogens is 1. The number of aryl methyl sites for hydroxylation is 1. The third-order valence-electron chi connectivity index (χ3n) is 3.78. The first-order valence-corrected chi connectivity index (χ1v) is 7.62. The Morgan fingerprint density at radius 1 is 1.39 bits per heavy atom. The van der Waals surface area contributed by atoms with E-state index in [1.165, 1.54) is 6.07 Å². The van der Waals surface area contributed by atoms with Gasteiger partial charge < -0.3 is 15.0 Å². The van der Waals surface area contributed by atoms with Gasteiger partial charge in [-0.3, -0.25) is 9.89 Å². The van der Waals surface area contributed by atoms with Crippen LogP contribution in [0.15, 0.2) is 30.6 Å². The number of aromatic amines is 1. The van der Waals surface area contributed by atoms with E-state index in [1.54, 1.807) is 24.5 Å². The highest BCUT2D eigenvalue weighted by Gasteiger charge is 2.16. The van der Waals surface area contributed by atoms with Gasteiger partial charge in [-0.1, -0.05) is 0 Å². The third kappa shape index (κ3) is 4.07. The highest BCUT2D eigenvalue weighted by molar-refractivity contribution is 5.91. The van der Waals surface area contributed by atoms with Crippen molar-refractivity contribution in [1.82, 2.24) is 10.2 Å². The van der Waals surface area contributed by atoms with Crippen LogP contribution in [-0.4, -0.2) is 42.4 Å². The number of carbonyl (C=O) groups is 1. The monoisotopic (exact) mass is 318 g/mol. The lowest BCUT2D eigenvalue weighted by atomic mass is 10.2. The van der Waals surface area contributed by atoms with E-state index in [2.05, 4.69) is 15.5 Å². The molecule has 0 aliphatic carbocycles. The fourth-order valence-corrected chi connectivity index (χ4v) is 2.53. The SMILES string of the molecule is O=C(CCc1cn[nH]c1)Nc1ccc(F)c(N2CCOCC2)c1. The lowest BCUT2D eigenvalue weighted by Gasteiger charge is -2.29. The zero-order valence-corrected chi connectivity index (χ0v) is 12.7. The number of nitrogens with zero attached hydrogens (tertiary/aromatic N) is 2. The predicted molar refractivity (Wildman–Crippen MR) is 85.0 cm³/mol. The summed E-state index contributed by atoms with van der Waals surface area (Å²) in [4.78, 5) is 13.9. The topological polar surface area (TPSA) is 70.2 Å². The summed E-state index contributed by atoms with van der Waals surface area (Å²) in [6.07, 6.45) is 4.42. The fourth-order valence-electron chi connectivity index (χ4n) is 2.53. The number of anilines is 2. The summed E-state index contributed by atoms with van der Waals surface area (Å²) in [6.45, 7) is 2.46. The van der Waals surface area contributed by atoms with Crippen LogP contribution in [0.2, 0.25) is 0 Å². The fraction of sp³-hybridized carbons (Fsp3) is 0.375. The normalized spacial score (nSPS) is 14.7. The van der Waals surface area contributed by atoms with Crippen LogP contribution in [0.5, 0.6) is 0 Å². The predicted octanol–water partition coefficient (Wildman–Crippen LogP) is 1.96. The molecule has 7 heteroatoms. The molecule has 1 fully saturated rings. The van der Waals surface area contributed by atoms with Crippen molar-refractivity contribution in [2.45, 2.75) is 12.8 Å². The molecule has 1 aliphatic heterocycles. The van der Waals surface area contributed by atoms with E-state index in [-0.39, 0.29) is 11.7 Å². The van der Waals surface area contributed by atoms with Crippen LogP contribution in [0.25, 0.3) is 0 Å².